The Kier molecular flexibility index (Phi) is 3.66. The Morgan fingerprint density at radius 3 is 2.18 bits per heavy atom. The third kappa shape index (κ3) is 2.34. The van der Waals surface area contributed by atoms with E-state index in [-0.39, 0.29) is 36.0 Å². The highest BCUT2D eigenvalue weighted by molar-refractivity contribution is 6.31. The molecule has 5 aliphatic rings. The van der Waals surface area contributed by atoms with Crippen molar-refractivity contribution in [3.05, 3.63) is 57.6 Å². The van der Waals surface area contributed by atoms with Gasteiger partial charge in [-0.25, -0.2) is 0 Å². The maximum Gasteiger partial charge on any atom is 0.196 e. The van der Waals surface area contributed by atoms with Crippen LogP contribution < -0.4 is 21.3 Å². The fraction of sp³-hybridized carbons (Fsp3) is 0.364. The molecule has 0 aromatic heterocycles. The van der Waals surface area contributed by atoms with E-state index in [0.717, 1.165) is 22.5 Å². The second-order valence-electron chi connectivity index (χ2n) is 8.40. The summed E-state index contributed by atoms with van der Waals surface area (Å²) in [5.41, 5.74) is 5.52. The number of nitrogens with one attached hydrogen (secondary N) is 4. The summed E-state index contributed by atoms with van der Waals surface area (Å²) in [5.74, 6) is -0.161. The van der Waals surface area contributed by atoms with Gasteiger partial charge in [-0.2, -0.15) is 0 Å². The van der Waals surface area contributed by atoms with E-state index in [4.69, 9.17) is 0 Å². The minimum absolute atomic E-state index is 0.0716. The number of carbonyl (C=O) groups is 2. The number of benzene rings is 2. The summed E-state index contributed by atoms with van der Waals surface area (Å²) in [5, 5.41) is 14.1. The number of ketones is 2. The number of fused-ring (bicyclic) bond motifs is 1. The molecule has 2 aromatic rings. The van der Waals surface area contributed by atoms with E-state index in [1.807, 2.05) is 18.2 Å². The van der Waals surface area contributed by atoms with E-state index >= 15 is 0 Å². The summed E-state index contributed by atoms with van der Waals surface area (Å²) >= 11 is 0. The molecule has 0 amide bonds. The quantitative estimate of drug-likeness (QED) is 0.559. The smallest absolute Gasteiger partial charge is 0.196 e. The molecule has 0 saturated carbocycles. The number of hydrogen-bond donors (Lipinski definition) is 4. The average molecular weight is 376 g/mol. The van der Waals surface area contributed by atoms with Crippen LogP contribution in [0.5, 0.6) is 0 Å². The van der Waals surface area contributed by atoms with Crippen LogP contribution in [0.25, 0.3) is 0 Å². The summed E-state index contributed by atoms with van der Waals surface area (Å²) in [6.45, 7) is 8.34. The summed E-state index contributed by atoms with van der Waals surface area (Å²) in [7, 11) is 0. The van der Waals surface area contributed by atoms with Gasteiger partial charge < -0.3 is 10.6 Å². The first kappa shape index (κ1) is 17.4. The van der Waals surface area contributed by atoms with Crippen molar-refractivity contribution in [3.8, 4) is 0 Å². The van der Waals surface area contributed by atoms with E-state index in [0.29, 0.717) is 22.3 Å². The van der Waals surface area contributed by atoms with E-state index in [1.54, 1.807) is 6.07 Å². The van der Waals surface area contributed by atoms with Crippen molar-refractivity contribution in [2.24, 2.45) is 0 Å². The third-order valence-electron chi connectivity index (χ3n) is 5.58. The highest BCUT2D eigenvalue weighted by Crippen LogP contribution is 2.48. The van der Waals surface area contributed by atoms with Crippen LogP contribution in [0.4, 0.5) is 11.4 Å². The van der Waals surface area contributed by atoms with Crippen molar-refractivity contribution in [1.82, 2.24) is 10.6 Å². The SMILES string of the molecule is CC(C)NC1Nc2c3cc4c(c2NC3NC(C)C)C(=O)c2ccc1cc2C4=O. The second-order valence-corrected chi connectivity index (χ2v) is 8.40. The van der Waals surface area contributed by atoms with Crippen LogP contribution in [0, 0.1) is 0 Å². The highest BCUT2D eigenvalue weighted by atomic mass is 16.1. The molecule has 4 aliphatic heterocycles. The lowest BCUT2D eigenvalue weighted by molar-refractivity contribution is 0.0979. The molecule has 6 heteroatoms. The number of hydrogen-bond acceptors (Lipinski definition) is 6. The summed E-state index contributed by atoms with van der Waals surface area (Å²) in [6.07, 6.45) is -0.307. The molecule has 2 aromatic carbocycles. The normalized spacial score (nSPS) is 21.1. The molecule has 2 atom stereocenters. The van der Waals surface area contributed by atoms with Crippen molar-refractivity contribution in [2.75, 3.05) is 10.6 Å². The molecule has 144 valence electrons. The Morgan fingerprint density at radius 1 is 0.786 bits per heavy atom. The highest BCUT2D eigenvalue weighted by Gasteiger charge is 2.41. The maximum atomic E-state index is 13.3. The zero-order chi connectivity index (χ0) is 19.7. The van der Waals surface area contributed by atoms with Gasteiger partial charge in [-0.1, -0.05) is 6.07 Å². The van der Waals surface area contributed by atoms with Gasteiger partial charge in [-0.15, -0.1) is 0 Å². The number of anilines is 2. The second kappa shape index (κ2) is 5.90. The van der Waals surface area contributed by atoms with Crippen LogP contribution in [0.2, 0.25) is 0 Å². The first-order valence-electron chi connectivity index (χ1n) is 9.84. The van der Waals surface area contributed by atoms with Gasteiger partial charge in [0.1, 0.15) is 12.3 Å². The lowest BCUT2D eigenvalue weighted by Crippen LogP contribution is -2.35. The Hall–Kier alpha value is -2.70. The molecule has 0 radical (unpaired) electrons. The lowest BCUT2D eigenvalue weighted by atomic mass is 9.80. The van der Waals surface area contributed by atoms with Gasteiger partial charge in [0.25, 0.3) is 0 Å². The average Bonchev–Trinajstić information content (AvgIpc) is 2.84. The molecule has 8 bridgehead atoms. The van der Waals surface area contributed by atoms with Crippen molar-refractivity contribution < 1.29 is 9.59 Å². The van der Waals surface area contributed by atoms with Crippen molar-refractivity contribution >= 4 is 22.9 Å². The molecule has 7 rings (SSSR count). The predicted octanol–water partition coefficient (Wildman–Crippen LogP) is 3.31. The fourth-order valence-corrected chi connectivity index (χ4v) is 4.44. The summed E-state index contributed by atoms with van der Waals surface area (Å²) < 4.78 is 0. The first-order chi connectivity index (χ1) is 13.3. The molecule has 0 saturated heterocycles. The third-order valence-corrected chi connectivity index (χ3v) is 5.58. The zero-order valence-corrected chi connectivity index (χ0v) is 16.4. The molecule has 0 spiro atoms. The molecule has 2 unspecified atom stereocenters. The molecule has 4 heterocycles. The zero-order valence-electron chi connectivity index (χ0n) is 16.4. The monoisotopic (exact) mass is 376 g/mol. The lowest BCUT2D eigenvalue weighted by Gasteiger charge is -2.29. The van der Waals surface area contributed by atoms with Crippen molar-refractivity contribution in [2.45, 2.75) is 52.1 Å². The first-order valence-corrected chi connectivity index (χ1v) is 9.84. The van der Waals surface area contributed by atoms with Crippen LogP contribution in [0.15, 0.2) is 24.3 Å². The topological polar surface area (TPSA) is 82.3 Å². The Labute approximate surface area is 164 Å². The molecule has 0 fully saturated rings. The summed E-state index contributed by atoms with van der Waals surface area (Å²) in [4.78, 5) is 26.6. The van der Waals surface area contributed by atoms with Crippen LogP contribution in [0.1, 0.15) is 83.0 Å². The minimum Gasteiger partial charge on any atom is -0.364 e. The van der Waals surface area contributed by atoms with Crippen LogP contribution >= 0.6 is 0 Å². The van der Waals surface area contributed by atoms with Crippen LogP contribution in [0.3, 0.4) is 0 Å². The van der Waals surface area contributed by atoms with E-state index in [9.17, 15) is 9.59 Å². The number of rotatable bonds is 4. The predicted molar refractivity (Wildman–Crippen MR) is 109 cm³/mol. The van der Waals surface area contributed by atoms with E-state index < -0.39 is 0 Å². The standard InChI is InChI=1S/C22H24N4O2/c1-9(2)23-21-11-5-6-12-13(7-11)19(27)14-8-15-17(25-21)18(16(14)20(12)28)26-22(15)24-10(3)4/h5-10,21-26H,1-4H3. The molecule has 28 heavy (non-hydrogen) atoms. The van der Waals surface area contributed by atoms with Crippen molar-refractivity contribution in [3.63, 3.8) is 0 Å². The molecular weight excluding hydrogens is 352 g/mol. The fourth-order valence-electron chi connectivity index (χ4n) is 4.44. The van der Waals surface area contributed by atoms with Crippen LogP contribution in [-0.2, 0) is 0 Å². The Bertz CT molecular complexity index is 1040. The molecule has 1 aliphatic carbocycles. The van der Waals surface area contributed by atoms with E-state index in [2.05, 4.69) is 49.0 Å². The minimum atomic E-state index is -0.164. The molecule has 4 N–H and O–H groups in total. The number of carbonyl (C=O) groups excluding carboxylic acids is 2. The Morgan fingerprint density at radius 2 is 1.46 bits per heavy atom. The van der Waals surface area contributed by atoms with Gasteiger partial charge in [0.05, 0.1) is 16.9 Å². The van der Waals surface area contributed by atoms with E-state index in [1.165, 1.54) is 0 Å². The van der Waals surface area contributed by atoms with Gasteiger partial charge in [0, 0.05) is 34.3 Å². The largest absolute Gasteiger partial charge is 0.364 e. The molecular formula is C22H24N4O2. The maximum absolute atomic E-state index is 13.3. The van der Waals surface area contributed by atoms with Gasteiger partial charge in [0.15, 0.2) is 11.6 Å². The van der Waals surface area contributed by atoms with Gasteiger partial charge in [-0.05, 0) is 51.5 Å². The van der Waals surface area contributed by atoms with Gasteiger partial charge in [0.2, 0.25) is 0 Å². The Balaban J connectivity index is 1.78. The van der Waals surface area contributed by atoms with Gasteiger partial charge in [-0.3, -0.25) is 20.2 Å². The molecule has 6 nitrogen and oxygen atoms in total. The summed E-state index contributed by atoms with van der Waals surface area (Å²) in [6, 6.07) is 7.95. The van der Waals surface area contributed by atoms with Gasteiger partial charge >= 0.3 is 0 Å². The van der Waals surface area contributed by atoms with Crippen molar-refractivity contribution in [1.29, 1.82) is 0 Å². The van der Waals surface area contributed by atoms with Crippen LogP contribution in [-0.4, -0.2) is 23.7 Å².